The average Bonchev–Trinajstić information content (AvgIpc) is 2.77. The monoisotopic (exact) mass is 313 g/mol. The Hall–Kier alpha value is -2.09. The van der Waals surface area contributed by atoms with Crippen LogP contribution in [0, 0.1) is 0 Å². The van der Waals surface area contributed by atoms with E-state index in [1.165, 1.54) is 23.5 Å². The van der Waals surface area contributed by atoms with Gasteiger partial charge in [0.2, 0.25) is 5.91 Å². The van der Waals surface area contributed by atoms with Crippen molar-refractivity contribution in [1.29, 1.82) is 0 Å². The molecule has 2 heterocycles. The third-order valence-corrected chi connectivity index (χ3v) is 4.27. The van der Waals surface area contributed by atoms with E-state index in [-0.39, 0.29) is 18.2 Å². The van der Waals surface area contributed by atoms with E-state index in [9.17, 15) is 18.0 Å². The molecule has 0 spiro atoms. The number of thiazole rings is 1. The summed E-state index contributed by atoms with van der Waals surface area (Å²) < 4.78 is 37.7. The number of carbonyl (C=O) groups is 1. The van der Waals surface area contributed by atoms with Crippen molar-refractivity contribution in [3.05, 3.63) is 40.3 Å². The topological polar surface area (TPSA) is 68.0 Å². The summed E-state index contributed by atoms with van der Waals surface area (Å²) >= 11 is 1.23. The standard InChI is InChI=1S/C13H10F3N3OS/c14-13(15,16)7-3-1-6(2-4-7)8-5-9(20)18-11-10(8)21-12(17)19-11/h1-4,8H,5H2,(H2,17,19)(H,18,20). The van der Waals surface area contributed by atoms with Crippen LogP contribution in [0.4, 0.5) is 24.1 Å². The SMILES string of the molecule is Nc1nc2c(s1)C(c1ccc(C(F)(F)F)cc1)CC(=O)N2. The van der Waals surface area contributed by atoms with Crippen molar-refractivity contribution in [3.8, 4) is 0 Å². The maximum absolute atomic E-state index is 12.6. The third kappa shape index (κ3) is 2.58. The zero-order valence-corrected chi connectivity index (χ0v) is 11.4. The number of amides is 1. The van der Waals surface area contributed by atoms with E-state index in [0.29, 0.717) is 16.5 Å². The molecule has 110 valence electrons. The predicted molar refractivity (Wildman–Crippen MR) is 73.1 cm³/mol. The molecule has 1 unspecified atom stereocenters. The van der Waals surface area contributed by atoms with E-state index >= 15 is 0 Å². The minimum Gasteiger partial charge on any atom is -0.375 e. The number of halogens is 3. The van der Waals surface area contributed by atoms with Gasteiger partial charge in [0.25, 0.3) is 0 Å². The second kappa shape index (κ2) is 4.73. The predicted octanol–water partition coefficient (Wildman–Crippen LogP) is 3.22. The van der Waals surface area contributed by atoms with Gasteiger partial charge in [0.15, 0.2) is 5.13 Å². The van der Waals surface area contributed by atoms with E-state index in [4.69, 9.17) is 5.73 Å². The van der Waals surface area contributed by atoms with Gasteiger partial charge in [-0.25, -0.2) is 4.98 Å². The molecule has 1 aliphatic rings. The van der Waals surface area contributed by atoms with Gasteiger partial charge in [0.1, 0.15) is 5.82 Å². The largest absolute Gasteiger partial charge is 0.416 e. The number of fused-ring (bicyclic) bond motifs is 1. The molecule has 1 amide bonds. The van der Waals surface area contributed by atoms with Crippen molar-refractivity contribution in [2.75, 3.05) is 11.1 Å². The fourth-order valence-electron chi connectivity index (χ4n) is 2.31. The highest BCUT2D eigenvalue weighted by molar-refractivity contribution is 7.16. The fraction of sp³-hybridized carbons (Fsp3) is 0.231. The molecular weight excluding hydrogens is 303 g/mol. The lowest BCUT2D eigenvalue weighted by Gasteiger charge is -2.21. The molecule has 1 aromatic carbocycles. The Balaban J connectivity index is 1.99. The normalized spacial score (nSPS) is 18.2. The zero-order chi connectivity index (χ0) is 15.2. The van der Waals surface area contributed by atoms with Crippen LogP contribution >= 0.6 is 11.3 Å². The molecule has 0 bridgehead atoms. The van der Waals surface area contributed by atoms with Crippen LogP contribution in [0.15, 0.2) is 24.3 Å². The molecule has 0 radical (unpaired) electrons. The number of alkyl halides is 3. The first-order valence-corrected chi connectivity index (χ1v) is 6.89. The van der Waals surface area contributed by atoms with Crippen LogP contribution < -0.4 is 11.1 Å². The lowest BCUT2D eigenvalue weighted by atomic mass is 9.91. The number of nitrogens with one attached hydrogen (secondary N) is 1. The Kier molecular flexibility index (Phi) is 3.12. The number of hydrogen-bond donors (Lipinski definition) is 2. The van der Waals surface area contributed by atoms with Gasteiger partial charge in [-0.2, -0.15) is 13.2 Å². The van der Waals surface area contributed by atoms with Crippen LogP contribution in [0.2, 0.25) is 0 Å². The number of nitrogens with two attached hydrogens (primary N) is 1. The first kappa shape index (κ1) is 13.9. The Morgan fingerprint density at radius 3 is 2.57 bits per heavy atom. The summed E-state index contributed by atoms with van der Waals surface area (Å²) in [6.45, 7) is 0. The molecule has 2 aromatic rings. The van der Waals surface area contributed by atoms with Gasteiger partial charge in [0.05, 0.1) is 10.4 Å². The number of anilines is 2. The van der Waals surface area contributed by atoms with E-state index < -0.39 is 11.7 Å². The first-order chi connectivity index (χ1) is 9.84. The van der Waals surface area contributed by atoms with Crippen molar-refractivity contribution in [2.24, 2.45) is 0 Å². The first-order valence-electron chi connectivity index (χ1n) is 6.08. The number of nitrogens with zero attached hydrogens (tertiary/aromatic N) is 1. The number of rotatable bonds is 1. The van der Waals surface area contributed by atoms with Crippen molar-refractivity contribution < 1.29 is 18.0 Å². The molecule has 0 saturated carbocycles. The van der Waals surface area contributed by atoms with Crippen molar-refractivity contribution in [3.63, 3.8) is 0 Å². The summed E-state index contributed by atoms with van der Waals surface area (Å²) in [7, 11) is 0. The molecule has 21 heavy (non-hydrogen) atoms. The molecule has 3 rings (SSSR count). The molecule has 0 saturated heterocycles. The highest BCUT2D eigenvalue weighted by Crippen LogP contribution is 2.42. The quantitative estimate of drug-likeness (QED) is 0.849. The number of hydrogen-bond acceptors (Lipinski definition) is 4. The summed E-state index contributed by atoms with van der Waals surface area (Å²) in [6.07, 6.45) is -4.21. The second-order valence-electron chi connectivity index (χ2n) is 4.69. The van der Waals surface area contributed by atoms with Crippen molar-refractivity contribution in [1.82, 2.24) is 4.98 Å². The van der Waals surface area contributed by atoms with Crippen molar-refractivity contribution >= 4 is 28.2 Å². The van der Waals surface area contributed by atoms with Crippen molar-refractivity contribution in [2.45, 2.75) is 18.5 Å². The number of carbonyl (C=O) groups excluding carboxylic acids is 1. The zero-order valence-electron chi connectivity index (χ0n) is 10.6. The highest BCUT2D eigenvalue weighted by Gasteiger charge is 2.32. The third-order valence-electron chi connectivity index (χ3n) is 3.27. The van der Waals surface area contributed by atoms with Gasteiger partial charge in [-0.1, -0.05) is 23.5 Å². The summed E-state index contributed by atoms with van der Waals surface area (Å²) in [5.41, 5.74) is 5.56. The second-order valence-corrected chi connectivity index (χ2v) is 5.75. The van der Waals surface area contributed by atoms with Gasteiger partial charge >= 0.3 is 6.18 Å². The van der Waals surface area contributed by atoms with Crippen LogP contribution in [0.25, 0.3) is 0 Å². The van der Waals surface area contributed by atoms with Crippen LogP contribution in [0.3, 0.4) is 0 Å². The lowest BCUT2D eigenvalue weighted by Crippen LogP contribution is -2.22. The number of benzene rings is 1. The van der Waals surface area contributed by atoms with E-state index in [1.807, 2.05) is 0 Å². The van der Waals surface area contributed by atoms with Crippen LogP contribution in [-0.2, 0) is 11.0 Å². The van der Waals surface area contributed by atoms with Crippen LogP contribution in [0.5, 0.6) is 0 Å². The number of aromatic nitrogens is 1. The Bertz CT molecular complexity index is 694. The maximum atomic E-state index is 12.6. The highest BCUT2D eigenvalue weighted by atomic mass is 32.1. The minimum atomic E-state index is -4.37. The summed E-state index contributed by atoms with van der Waals surface area (Å²) in [5, 5.41) is 2.94. The average molecular weight is 313 g/mol. The summed E-state index contributed by atoms with van der Waals surface area (Å²) in [4.78, 5) is 16.5. The van der Waals surface area contributed by atoms with E-state index in [1.54, 1.807) is 0 Å². The molecular formula is C13H10F3N3OS. The van der Waals surface area contributed by atoms with Crippen LogP contribution in [-0.4, -0.2) is 10.9 Å². The summed E-state index contributed by atoms with van der Waals surface area (Å²) in [5.74, 6) is -0.137. The van der Waals surface area contributed by atoms with Gasteiger partial charge in [0, 0.05) is 12.3 Å². The molecule has 1 atom stereocenters. The smallest absolute Gasteiger partial charge is 0.375 e. The van der Waals surface area contributed by atoms with Crippen LogP contribution in [0.1, 0.15) is 28.3 Å². The molecule has 1 aromatic heterocycles. The minimum absolute atomic E-state index is 0.167. The molecule has 8 heteroatoms. The number of nitrogen functional groups attached to an aromatic ring is 1. The van der Waals surface area contributed by atoms with Gasteiger partial charge in [-0.15, -0.1) is 0 Å². The maximum Gasteiger partial charge on any atom is 0.416 e. The lowest BCUT2D eigenvalue weighted by molar-refractivity contribution is -0.137. The van der Waals surface area contributed by atoms with E-state index in [2.05, 4.69) is 10.3 Å². The molecule has 1 aliphatic heterocycles. The van der Waals surface area contributed by atoms with Gasteiger partial charge < -0.3 is 11.1 Å². The van der Waals surface area contributed by atoms with Gasteiger partial charge in [-0.3, -0.25) is 4.79 Å². The molecule has 3 N–H and O–H groups in total. The summed E-state index contributed by atoms with van der Waals surface area (Å²) in [6, 6.07) is 4.83. The molecule has 0 aliphatic carbocycles. The Labute approximate surface area is 121 Å². The fourth-order valence-corrected chi connectivity index (χ4v) is 3.23. The Morgan fingerprint density at radius 1 is 1.29 bits per heavy atom. The van der Waals surface area contributed by atoms with E-state index in [0.717, 1.165) is 17.0 Å². The van der Waals surface area contributed by atoms with Gasteiger partial charge in [-0.05, 0) is 17.7 Å². The molecule has 0 fully saturated rings. The molecule has 4 nitrogen and oxygen atoms in total. The Morgan fingerprint density at radius 2 is 1.95 bits per heavy atom.